The Hall–Kier alpha value is -2.20. The van der Waals surface area contributed by atoms with Gasteiger partial charge in [-0.05, 0) is 43.6 Å². The van der Waals surface area contributed by atoms with E-state index in [1.165, 1.54) is 12.8 Å². The normalized spacial score (nSPS) is 15.2. The number of hydrogen-bond donors (Lipinski definition) is 1. The molecule has 108 valence electrons. The van der Waals surface area contributed by atoms with Gasteiger partial charge in [0.05, 0.1) is 11.3 Å². The molecular weight excluding hydrogens is 264 g/mol. The Kier molecular flexibility index (Phi) is 3.97. The van der Waals surface area contributed by atoms with Gasteiger partial charge in [0, 0.05) is 18.3 Å². The Bertz CT molecular complexity index is 631. The first-order valence-corrected chi connectivity index (χ1v) is 7.24. The lowest BCUT2D eigenvalue weighted by Crippen LogP contribution is -2.18. The monoisotopic (exact) mass is 282 g/mol. The molecule has 1 aromatic heterocycles. The van der Waals surface area contributed by atoms with Crippen LogP contribution < -0.4 is 0 Å². The molecule has 1 saturated heterocycles. The molecule has 0 atom stereocenters. The predicted molar refractivity (Wildman–Crippen MR) is 81.1 cm³/mol. The van der Waals surface area contributed by atoms with Crippen LogP contribution in [0, 0.1) is 0 Å². The predicted octanol–water partition coefficient (Wildman–Crippen LogP) is 3.04. The number of carboxylic acids is 1. The molecule has 0 radical (unpaired) electrons. The average Bonchev–Trinajstić information content (AvgIpc) is 3.01. The maximum atomic E-state index is 11.3. The molecule has 0 amide bonds. The lowest BCUT2D eigenvalue weighted by Gasteiger charge is -2.14. The van der Waals surface area contributed by atoms with Crippen molar-refractivity contribution in [3.8, 4) is 11.1 Å². The molecule has 0 spiro atoms. The van der Waals surface area contributed by atoms with Crippen LogP contribution in [0.5, 0.6) is 0 Å². The number of carboxylic acid groups (broad SMARTS) is 1. The second-order valence-corrected chi connectivity index (χ2v) is 5.37. The number of nitrogens with zero attached hydrogens (tertiary/aromatic N) is 2. The van der Waals surface area contributed by atoms with E-state index in [-0.39, 0.29) is 0 Å². The summed E-state index contributed by atoms with van der Waals surface area (Å²) in [7, 11) is 0. The van der Waals surface area contributed by atoms with E-state index >= 15 is 0 Å². The number of pyridine rings is 1. The van der Waals surface area contributed by atoms with Crippen LogP contribution in [0.2, 0.25) is 0 Å². The summed E-state index contributed by atoms with van der Waals surface area (Å²) in [5.74, 6) is -0.910. The van der Waals surface area contributed by atoms with Crippen molar-refractivity contribution >= 4 is 5.97 Å². The Morgan fingerprint density at radius 3 is 2.57 bits per heavy atom. The zero-order valence-electron chi connectivity index (χ0n) is 11.8. The van der Waals surface area contributed by atoms with E-state index in [4.69, 9.17) is 0 Å². The second-order valence-electron chi connectivity index (χ2n) is 5.37. The molecule has 21 heavy (non-hydrogen) atoms. The van der Waals surface area contributed by atoms with Crippen molar-refractivity contribution in [2.24, 2.45) is 0 Å². The smallest absolute Gasteiger partial charge is 0.336 e. The summed E-state index contributed by atoms with van der Waals surface area (Å²) >= 11 is 0. The standard InChI is InChI=1S/C17H18N2O2/c20-17(21)16-6-2-1-5-15(16)13-7-8-14(18-11-13)12-19-9-3-4-10-19/h1-2,5-8,11H,3-4,9-10,12H2,(H,20,21). The van der Waals surface area contributed by atoms with Gasteiger partial charge >= 0.3 is 5.97 Å². The molecule has 1 fully saturated rings. The Balaban J connectivity index is 1.82. The summed E-state index contributed by atoms with van der Waals surface area (Å²) in [6.45, 7) is 3.16. The van der Waals surface area contributed by atoms with Crippen LogP contribution in [0.3, 0.4) is 0 Å². The Morgan fingerprint density at radius 1 is 1.14 bits per heavy atom. The fraction of sp³-hybridized carbons (Fsp3) is 0.294. The minimum Gasteiger partial charge on any atom is -0.478 e. The number of benzene rings is 1. The van der Waals surface area contributed by atoms with E-state index in [0.717, 1.165) is 30.9 Å². The molecule has 1 N–H and O–H groups in total. The minimum absolute atomic E-state index is 0.312. The summed E-state index contributed by atoms with van der Waals surface area (Å²) in [5, 5.41) is 9.24. The topological polar surface area (TPSA) is 53.4 Å². The van der Waals surface area contributed by atoms with Gasteiger partial charge in [0.15, 0.2) is 0 Å². The van der Waals surface area contributed by atoms with Gasteiger partial charge in [-0.1, -0.05) is 24.3 Å². The first kappa shape index (κ1) is 13.8. The SMILES string of the molecule is O=C(O)c1ccccc1-c1ccc(CN2CCCC2)nc1. The molecule has 0 bridgehead atoms. The highest BCUT2D eigenvalue weighted by Gasteiger charge is 2.13. The van der Waals surface area contributed by atoms with Crippen LogP contribution in [0.15, 0.2) is 42.6 Å². The van der Waals surface area contributed by atoms with Crippen LogP contribution in [-0.4, -0.2) is 34.0 Å². The van der Waals surface area contributed by atoms with Gasteiger partial charge in [-0.15, -0.1) is 0 Å². The molecule has 4 nitrogen and oxygen atoms in total. The summed E-state index contributed by atoms with van der Waals surface area (Å²) in [6, 6.07) is 11.0. The van der Waals surface area contributed by atoms with Gasteiger partial charge in [-0.25, -0.2) is 4.79 Å². The van der Waals surface area contributed by atoms with Crippen LogP contribution in [0.4, 0.5) is 0 Å². The number of rotatable bonds is 4. The average molecular weight is 282 g/mol. The largest absolute Gasteiger partial charge is 0.478 e. The van der Waals surface area contributed by atoms with Crippen molar-refractivity contribution in [3.05, 3.63) is 53.9 Å². The fourth-order valence-electron chi connectivity index (χ4n) is 2.77. The number of aromatic carboxylic acids is 1. The molecule has 0 saturated carbocycles. The number of likely N-dealkylation sites (tertiary alicyclic amines) is 1. The van der Waals surface area contributed by atoms with Gasteiger partial charge in [0.1, 0.15) is 0 Å². The van der Waals surface area contributed by atoms with E-state index in [0.29, 0.717) is 11.1 Å². The highest BCUT2D eigenvalue weighted by molar-refractivity contribution is 5.95. The zero-order valence-corrected chi connectivity index (χ0v) is 11.8. The number of aromatic nitrogens is 1. The fourth-order valence-corrected chi connectivity index (χ4v) is 2.77. The lowest BCUT2D eigenvalue weighted by atomic mass is 10.0. The molecule has 2 aromatic rings. The highest BCUT2D eigenvalue weighted by atomic mass is 16.4. The zero-order chi connectivity index (χ0) is 14.7. The lowest BCUT2D eigenvalue weighted by molar-refractivity contribution is 0.0697. The van der Waals surface area contributed by atoms with Crippen LogP contribution >= 0.6 is 0 Å². The molecule has 2 heterocycles. The molecule has 1 aromatic carbocycles. The molecule has 4 heteroatoms. The van der Waals surface area contributed by atoms with Crippen molar-refractivity contribution in [1.29, 1.82) is 0 Å². The first-order valence-electron chi connectivity index (χ1n) is 7.24. The van der Waals surface area contributed by atoms with Crippen molar-refractivity contribution < 1.29 is 9.90 Å². The van der Waals surface area contributed by atoms with E-state index in [1.807, 2.05) is 24.3 Å². The van der Waals surface area contributed by atoms with Crippen molar-refractivity contribution in [3.63, 3.8) is 0 Å². The summed E-state index contributed by atoms with van der Waals surface area (Å²) in [5.41, 5.74) is 2.91. The van der Waals surface area contributed by atoms with E-state index in [1.54, 1.807) is 18.3 Å². The second kappa shape index (κ2) is 6.06. The molecule has 0 aliphatic carbocycles. The van der Waals surface area contributed by atoms with Gasteiger partial charge in [0.2, 0.25) is 0 Å². The number of carbonyl (C=O) groups is 1. The third kappa shape index (κ3) is 3.11. The molecule has 0 unspecified atom stereocenters. The maximum absolute atomic E-state index is 11.3. The quantitative estimate of drug-likeness (QED) is 0.936. The van der Waals surface area contributed by atoms with E-state index in [9.17, 15) is 9.90 Å². The summed E-state index contributed by atoms with van der Waals surface area (Å²) in [4.78, 5) is 18.1. The highest BCUT2D eigenvalue weighted by Crippen LogP contribution is 2.23. The van der Waals surface area contributed by atoms with Crippen LogP contribution in [-0.2, 0) is 6.54 Å². The van der Waals surface area contributed by atoms with Crippen LogP contribution in [0.1, 0.15) is 28.9 Å². The Morgan fingerprint density at radius 2 is 1.90 bits per heavy atom. The third-order valence-electron chi connectivity index (χ3n) is 3.88. The van der Waals surface area contributed by atoms with Gasteiger partial charge in [-0.3, -0.25) is 9.88 Å². The maximum Gasteiger partial charge on any atom is 0.336 e. The van der Waals surface area contributed by atoms with Gasteiger partial charge in [0.25, 0.3) is 0 Å². The van der Waals surface area contributed by atoms with E-state index in [2.05, 4.69) is 9.88 Å². The first-order chi connectivity index (χ1) is 10.2. The summed E-state index contributed by atoms with van der Waals surface area (Å²) in [6.07, 6.45) is 4.31. The molecule has 1 aliphatic heterocycles. The Labute approximate surface area is 124 Å². The van der Waals surface area contributed by atoms with Crippen molar-refractivity contribution in [2.45, 2.75) is 19.4 Å². The van der Waals surface area contributed by atoms with Crippen molar-refractivity contribution in [1.82, 2.24) is 9.88 Å². The van der Waals surface area contributed by atoms with Gasteiger partial charge in [-0.2, -0.15) is 0 Å². The third-order valence-corrected chi connectivity index (χ3v) is 3.88. The van der Waals surface area contributed by atoms with Crippen molar-refractivity contribution in [2.75, 3.05) is 13.1 Å². The van der Waals surface area contributed by atoms with Gasteiger partial charge < -0.3 is 5.11 Å². The van der Waals surface area contributed by atoms with E-state index < -0.39 is 5.97 Å². The minimum atomic E-state index is -0.910. The molecule has 1 aliphatic rings. The number of hydrogen-bond acceptors (Lipinski definition) is 3. The molecule has 3 rings (SSSR count). The molecular formula is C17H18N2O2. The van der Waals surface area contributed by atoms with Crippen LogP contribution in [0.25, 0.3) is 11.1 Å². The summed E-state index contributed by atoms with van der Waals surface area (Å²) < 4.78 is 0.